The van der Waals surface area contributed by atoms with Crippen molar-refractivity contribution in [3.05, 3.63) is 18.2 Å². The molecule has 0 heterocycles. The first-order valence-corrected chi connectivity index (χ1v) is 9.98. The maximum atomic E-state index is 11.9. The van der Waals surface area contributed by atoms with Gasteiger partial charge in [-0.3, -0.25) is 4.79 Å². The first kappa shape index (κ1) is 18.8. The normalized spacial score (nSPS) is 9.71. The van der Waals surface area contributed by atoms with Gasteiger partial charge in [-0.2, -0.15) is 4.79 Å². The fourth-order valence-electron chi connectivity index (χ4n) is 1.21. The highest BCUT2D eigenvalue weighted by Gasteiger charge is 2.33. The Morgan fingerprint density at radius 2 is 2.05 bits per heavy atom. The van der Waals surface area contributed by atoms with Gasteiger partial charge in [-0.25, -0.2) is 4.79 Å². The lowest BCUT2D eigenvalue weighted by atomic mass is 10.3. The molecule has 0 aromatic heterocycles. The predicted molar refractivity (Wildman–Crippen MR) is 83.2 cm³/mol. The Morgan fingerprint density at radius 3 is 2.52 bits per heavy atom. The summed E-state index contributed by atoms with van der Waals surface area (Å²) in [4.78, 5) is 27.6. The van der Waals surface area contributed by atoms with E-state index in [1.807, 2.05) is 0 Å². The van der Waals surface area contributed by atoms with Crippen LogP contribution in [0.3, 0.4) is 0 Å². The number of carbonyl (C=O) groups excluding carboxylic acids is 2. The minimum absolute atomic E-state index is 0.133. The summed E-state index contributed by atoms with van der Waals surface area (Å²) in [5, 5.41) is 0. The van der Waals surface area contributed by atoms with Gasteiger partial charge in [0, 0.05) is 13.6 Å². The molecule has 0 bridgehead atoms. The van der Waals surface area contributed by atoms with Gasteiger partial charge in [0.05, 0.1) is 0 Å². The molecule has 0 aliphatic carbocycles. The van der Waals surface area contributed by atoms with Crippen LogP contribution in [0.2, 0.25) is 19.6 Å². The zero-order valence-electron chi connectivity index (χ0n) is 13.0. The highest BCUT2D eigenvalue weighted by Crippen LogP contribution is 1.96. The number of carbonyl (C=O) groups is 2. The molecule has 0 radical (unpaired) electrons. The summed E-state index contributed by atoms with van der Waals surface area (Å²) in [5.74, 6) is 1.04. The SMILES string of the molecule is C=CCCN(C)C(=O)C(=[N+]=[N-])C(=O)OCC#C[Si](C)(C)C. The first-order valence-electron chi connectivity index (χ1n) is 6.48. The van der Waals surface area contributed by atoms with Crippen LogP contribution in [-0.2, 0) is 14.3 Å². The molecule has 1 amide bonds. The lowest BCUT2D eigenvalue weighted by Crippen LogP contribution is -2.39. The molecule has 21 heavy (non-hydrogen) atoms. The molecule has 6 nitrogen and oxygen atoms in total. The van der Waals surface area contributed by atoms with E-state index in [1.54, 1.807) is 6.08 Å². The summed E-state index contributed by atoms with van der Waals surface area (Å²) in [5.41, 5.74) is 11.2. The van der Waals surface area contributed by atoms with Crippen molar-refractivity contribution < 1.29 is 19.1 Å². The average Bonchev–Trinajstić information content (AvgIpc) is 2.40. The van der Waals surface area contributed by atoms with Crippen LogP contribution in [0.25, 0.3) is 5.53 Å². The largest absolute Gasteiger partial charge is 0.463 e. The molecule has 0 saturated heterocycles. The highest BCUT2D eigenvalue weighted by atomic mass is 28.3. The number of esters is 1. The van der Waals surface area contributed by atoms with E-state index in [0.717, 1.165) is 0 Å². The molecular formula is C14H21N3O3Si. The van der Waals surface area contributed by atoms with Crippen LogP contribution in [0, 0.1) is 11.5 Å². The van der Waals surface area contributed by atoms with Crippen LogP contribution in [0.1, 0.15) is 6.42 Å². The van der Waals surface area contributed by atoms with Crippen molar-refractivity contribution in [2.75, 3.05) is 20.2 Å². The molecule has 0 unspecified atom stereocenters. The van der Waals surface area contributed by atoms with E-state index in [-0.39, 0.29) is 6.61 Å². The van der Waals surface area contributed by atoms with Crippen LogP contribution >= 0.6 is 0 Å². The molecule has 7 heteroatoms. The Morgan fingerprint density at radius 1 is 1.43 bits per heavy atom. The van der Waals surface area contributed by atoms with Gasteiger partial charge in [0.1, 0.15) is 8.07 Å². The van der Waals surface area contributed by atoms with Gasteiger partial charge in [0.25, 0.3) is 0 Å². The first-order chi connectivity index (χ1) is 9.72. The molecule has 0 aliphatic rings. The van der Waals surface area contributed by atoms with E-state index in [1.165, 1.54) is 11.9 Å². The van der Waals surface area contributed by atoms with Crippen molar-refractivity contribution in [2.24, 2.45) is 0 Å². The van der Waals surface area contributed by atoms with E-state index in [9.17, 15) is 9.59 Å². The number of amides is 1. The van der Waals surface area contributed by atoms with Crippen molar-refractivity contribution in [3.63, 3.8) is 0 Å². The molecule has 114 valence electrons. The summed E-state index contributed by atoms with van der Waals surface area (Å²) in [6, 6.07) is 0. The summed E-state index contributed by atoms with van der Waals surface area (Å²) in [6.07, 6.45) is 2.21. The molecule has 0 aromatic carbocycles. The summed E-state index contributed by atoms with van der Waals surface area (Å²) in [7, 11) is -0.0406. The van der Waals surface area contributed by atoms with Crippen molar-refractivity contribution in [3.8, 4) is 11.5 Å². The Labute approximate surface area is 126 Å². The number of rotatable bonds is 6. The lowest BCUT2D eigenvalue weighted by molar-refractivity contribution is -0.143. The summed E-state index contributed by atoms with van der Waals surface area (Å²) >= 11 is 0. The van der Waals surface area contributed by atoms with E-state index >= 15 is 0 Å². The molecule has 0 spiro atoms. The van der Waals surface area contributed by atoms with E-state index in [4.69, 9.17) is 10.3 Å². The average molecular weight is 307 g/mol. The van der Waals surface area contributed by atoms with Gasteiger partial charge < -0.3 is 15.2 Å². The summed E-state index contributed by atoms with van der Waals surface area (Å²) < 4.78 is 4.82. The third-order valence-electron chi connectivity index (χ3n) is 2.25. The Kier molecular flexibility index (Phi) is 7.98. The number of hydrogen-bond donors (Lipinski definition) is 0. The number of hydrogen-bond acceptors (Lipinski definition) is 3. The van der Waals surface area contributed by atoms with Gasteiger partial charge in [0.2, 0.25) is 0 Å². The number of ether oxygens (including phenoxy) is 1. The van der Waals surface area contributed by atoms with Crippen molar-refractivity contribution in [1.82, 2.24) is 4.90 Å². The second-order valence-electron chi connectivity index (χ2n) is 5.38. The van der Waals surface area contributed by atoms with Gasteiger partial charge in [-0.1, -0.05) is 31.6 Å². The van der Waals surface area contributed by atoms with E-state index in [0.29, 0.717) is 13.0 Å². The van der Waals surface area contributed by atoms with Gasteiger partial charge in [-0.15, -0.1) is 12.1 Å². The monoisotopic (exact) mass is 307 g/mol. The third-order valence-corrected chi connectivity index (χ3v) is 3.18. The second-order valence-corrected chi connectivity index (χ2v) is 10.1. The van der Waals surface area contributed by atoms with Crippen LogP contribution < -0.4 is 0 Å². The smallest absolute Gasteiger partial charge is 0.444 e. The van der Waals surface area contributed by atoms with E-state index < -0.39 is 25.7 Å². The molecule has 0 N–H and O–H groups in total. The zero-order chi connectivity index (χ0) is 16.5. The van der Waals surface area contributed by atoms with Gasteiger partial charge in [-0.05, 0) is 6.42 Å². The minimum Gasteiger partial charge on any atom is -0.444 e. The standard InChI is InChI=1S/C14H21N3O3Si/c1-6-7-9-17(2)13(18)12(16-15)14(19)20-10-8-11-21(3,4)5/h6H,1,7,9-10H2,2-5H3. The highest BCUT2D eigenvalue weighted by molar-refractivity contribution is 6.83. The van der Waals surface area contributed by atoms with Crippen molar-refractivity contribution in [2.45, 2.75) is 26.1 Å². The van der Waals surface area contributed by atoms with Crippen LogP contribution in [-0.4, -0.2) is 55.6 Å². The van der Waals surface area contributed by atoms with E-state index in [2.05, 4.69) is 42.5 Å². The molecule has 0 fully saturated rings. The predicted octanol–water partition coefficient (Wildman–Crippen LogP) is 1.12. The maximum absolute atomic E-state index is 11.9. The third kappa shape index (κ3) is 7.87. The van der Waals surface area contributed by atoms with Crippen LogP contribution in [0.4, 0.5) is 0 Å². The van der Waals surface area contributed by atoms with Crippen LogP contribution in [0.15, 0.2) is 12.7 Å². The minimum atomic E-state index is -1.54. The zero-order valence-corrected chi connectivity index (χ0v) is 14.0. The van der Waals surface area contributed by atoms with Crippen LogP contribution in [0.5, 0.6) is 0 Å². The molecule has 0 aromatic rings. The number of nitrogens with zero attached hydrogens (tertiary/aromatic N) is 3. The van der Waals surface area contributed by atoms with Gasteiger partial charge in [0.15, 0.2) is 6.61 Å². The fourth-order valence-corrected chi connectivity index (χ4v) is 1.81. The Balaban J connectivity index is 4.63. The quantitative estimate of drug-likeness (QED) is 0.108. The molecule has 0 saturated carbocycles. The topological polar surface area (TPSA) is 83.0 Å². The molecule has 0 aliphatic heterocycles. The fraction of sp³-hybridized carbons (Fsp3) is 0.500. The van der Waals surface area contributed by atoms with Gasteiger partial charge >= 0.3 is 17.6 Å². The van der Waals surface area contributed by atoms with Crippen molar-refractivity contribution >= 4 is 25.7 Å². The molecular weight excluding hydrogens is 286 g/mol. The maximum Gasteiger partial charge on any atom is 0.463 e. The molecule has 0 atom stereocenters. The Bertz CT molecular complexity index is 520. The second kappa shape index (κ2) is 8.90. The summed E-state index contributed by atoms with van der Waals surface area (Å²) in [6.45, 7) is 9.94. The van der Waals surface area contributed by atoms with Crippen molar-refractivity contribution in [1.29, 1.82) is 0 Å². The lowest BCUT2D eigenvalue weighted by Gasteiger charge is -2.12. The Hall–Kier alpha value is -2.16. The molecule has 0 rings (SSSR count).